The van der Waals surface area contributed by atoms with Crippen LogP contribution in [0.4, 0.5) is 4.39 Å². The first-order valence-electron chi connectivity index (χ1n) is 6.95. The van der Waals surface area contributed by atoms with Gasteiger partial charge in [0.15, 0.2) is 0 Å². The van der Waals surface area contributed by atoms with Crippen molar-refractivity contribution in [2.45, 2.75) is 25.8 Å². The zero-order valence-corrected chi connectivity index (χ0v) is 11.0. The molecule has 2 saturated heterocycles. The Hall–Kier alpha value is -1.42. The van der Waals surface area contributed by atoms with E-state index in [1.54, 1.807) is 12.1 Å². The van der Waals surface area contributed by atoms with E-state index >= 15 is 0 Å². The van der Waals surface area contributed by atoms with Crippen LogP contribution >= 0.6 is 0 Å². The monoisotopic (exact) mass is 262 g/mol. The molecule has 1 N–H and O–H groups in total. The number of amides is 1. The van der Waals surface area contributed by atoms with Crippen LogP contribution in [0.25, 0.3) is 0 Å². The van der Waals surface area contributed by atoms with Gasteiger partial charge in [0, 0.05) is 25.2 Å². The summed E-state index contributed by atoms with van der Waals surface area (Å²) in [5, 5.41) is 3.32. The Morgan fingerprint density at radius 2 is 2.16 bits per heavy atom. The highest BCUT2D eigenvalue weighted by Crippen LogP contribution is 2.38. The van der Waals surface area contributed by atoms with Crippen molar-refractivity contribution in [2.24, 2.45) is 5.41 Å². The number of hydrogen-bond donors (Lipinski definition) is 1. The number of hydrogen-bond acceptors (Lipinski definition) is 2. The van der Waals surface area contributed by atoms with Crippen molar-refractivity contribution in [3.8, 4) is 0 Å². The van der Waals surface area contributed by atoms with E-state index in [0.717, 1.165) is 38.9 Å². The molecule has 0 aromatic heterocycles. The molecule has 3 rings (SSSR count). The molecular formula is C15H19FN2O. The number of carbonyl (C=O) groups excluding carboxylic acids is 1. The molecule has 1 aromatic carbocycles. The molecule has 0 bridgehead atoms. The summed E-state index contributed by atoms with van der Waals surface area (Å²) in [6.07, 6.45) is 2.92. The fourth-order valence-electron chi connectivity index (χ4n) is 3.24. The number of carbonyl (C=O) groups is 1. The summed E-state index contributed by atoms with van der Waals surface area (Å²) in [7, 11) is 0. The highest BCUT2D eigenvalue weighted by atomic mass is 19.1. The van der Waals surface area contributed by atoms with Crippen LogP contribution in [-0.4, -0.2) is 30.4 Å². The smallest absolute Gasteiger partial charge is 0.230 e. The molecule has 4 heteroatoms. The number of rotatable bonds is 2. The lowest BCUT2D eigenvalue weighted by Gasteiger charge is -2.32. The van der Waals surface area contributed by atoms with Gasteiger partial charge in [0.2, 0.25) is 5.91 Å². The molecule has 1 spiro atoms. The SMILES string of the molecule is O=C1N(Cc2ccccc2F)CC[C@@]12CCCNC2. The first-order chi connectivity index (χ1) is 9.21. The minimum atomic E-state index is -0.224. The molecular weight excluding hydrogens is 243 g/mol. The van der Waals surface area contributed by atoms with Crippen LogP contribution in [0.15, 0.2) is 24.3 Å². The van der Waals surface area contributed by atoms with Gasteiger partial charge in [-0.2, -0.15) is 0 Å². The second kappa shape index (κ2) is 4.93. The molecule has 2 aliphatic rings. The molecule has 0 aliphatic carbocycles. The molecule has 1 amide bonds. The van der Waals surface area contributed by atoms with E-state index in [1.165, 1.54) is 6.07 Å². The fourth-order valence-corrected chi connectivity index (χ4v) is 3.24. The molecule has 19 heavy (non-hydrogen) atoms. The van der Waals surface area contributed by atoms with Crippen LogP contribution < -0.4 is 5.32 Å². The Balaban J connectivity index is 1.74. The molecule has 1 aromatic rings. The summed E-state index contributed by atoms with van der Waals surface area (Å²) in [6.45, 7) is 2.92. The normalized spacial score (nSPS) is 27.2. The molecule has 0 radical (unpaired) electrons. The minimum Gasteiger partial charge on any atom is -0.338 e. The van der Waals surface area contributed by atoms with Crippen molar-refractivity contribution in [1.29, 1.82) is 0 Å². The maximum absolute atomic E-state index is 13.7. The van der Waals surface area contributed by atoms with Crippen molar-refractivity contribution in [2.75, 3.05) is 19.6 Å². The van der Waals surface area contributed by atoms with Crippen molar-refractivity contribution in [1.82, 2.24) is 10.2 Å². The summed E-state index contributed by atoms with van der Waals surface area (Å²) in [4.78, 5) is 14.4. The maximum atomic E-state index is 13.7. The van der Waals surface area contributed by atoms with Crippen LogP contribution in [-0.2, 0) is 11.3 Å². The van der Waals surface area contributed by atoms with Gasteiger partial charge in [0.1, 0.15) is 5.82 Å². The molecule has 2 fully saturated rings. The number of piperidine rings is 1. The van der Waals surface area contributed by atoms with Crippen molar-refractivity contribution < 1.29 is 9.18 Å². The van der Waals surface area contributed by atoms with E-state index in [-0.39, 0.29) is 17.1 Å². The Morgan fingerprint density at radius 1 is 1.32 bits per heavy atom. The second-order valence-electron chi connectivity index (χ2n) is 5.63. The predicted molar refractivity (Wildman–Crippen MR) is 71.0 cm³/mol. The summed E-state index contributed by atoms with van der Waals surface area (Å²) in [6, 6.07) is 6.70. The number of likely N-dealkylation sites (tertiary alicyclic amines) is 1. The number of benzene rings is 1. The van der Waals surface area contributed by atoms with Gasteiger partial charge >= 0.3 is 0 Å². The quantitative estimate of drug-likeness (QED) is 0.883. The summed E-state index contributed by atoms with van der Waals surface area (Å²) >= 11 is 0. The van der Waals surface area contributed by atoms with E-state index in [1.807, 2.05) is 11.0 Å². The number of halogens is 1. The van der Waals surface area contributed by atoms with E-state index in [2.05, 4.69) is 5.32 Å². The third kappa shape index (κ3) is 2.25. The fraction of sp³-hybridized carbons (Fsp3) is 0.533. The summed E-state index contributed by atoms with van der Waals surface area (Å²) in [5.41, 5.74) is 0.389. The molecule has 3 nitrogen and oxygen atoms in total. The van der Waals surface area contributed by atoms with Gasteiger partial charge in [-0.15, -0.1) is 0 Å². The van der Waals surface area contributed by atoms with Gasteiger partial charge in [-0.25, -0.2) is 4.39 Å². The minimum absolute atomic E-state index is 0.197. The standard InChI is InChI=1S/C15H19FN2O/c16-13-5-2-1-4-12(13)10-18-9-7-15(14(18)19)6-3-8-17-11-15/h1-2,4-5,17H,3,6-11H2/t15-/m1/s1. The first kappa shape index (κ1) is 12.6. The van der Waals surface area contributed by atoms with Crippen molar-refractivity contribution in [3.05, 3.63) is 35.6 Å². The Labute approximate surface area is 112 Å². The number of nitrogens with one attached hydrogen (secondary N) is 1. The lowest BCUT2D eigenvalue weighted by Crippen LogP contribution is -2.45. The highest BCUT2D eigenvalue weighted by molar-refractivity contribution is 5.85. The largest absolute Gasteiger partial charge is 0.338 e. The van der Waals surface area contributed by atoms with E-state index < -0.39 is 0 Å². The van der Waals surface area contributed by atoms with Crippen LogP contribution in [0.5, 0.6) is 0 Å². The van der Waals surface area contributed by atoms with Gasteiger partial charge < -0.3 is 10.2 Å². The first-order valence-corrected chi connectivity index (χ1v) is 6.95. The third-order valence-corrected chi connectivity index (χ3v) is 4.39. The second-order valence-corrected chi connectivity index (χ2v) is 5.63. The van der Waals surface area contributed by atoms with Gasteiger partial charge in [-0.1, -0.05) is 18.2 Å². The Kier molecular flexibility index (Phi) is 3.27. The van der Waals surface area contributed by atoms with Gasteiger partial charge in [-0.3, -0.25) is 4.79 Å². The van der Waals surface area contributed by atoms with Crippen molar-refractivity contribution in [3.63, 3.8) is 0 Å². The molecule has 2 heterocycles. The molecule has 102 valence electrons. The topological polar surface area (TPSA) is 32.3 Å². The Morgan fingerprint density at radius 3 is 2.89 bits per heavy atom. The lowest BCUT2D eigenvalue weighted by atomic mass is 9.79. The highest BCUT2D eigenvalue weighted by Gasteiger charge is 2.46. The molecule has 1 atom stereocenters. The van der Waals surface area contributed by atoms with Gasteiger partial charge in [-0.05, 0) is 31.9 Å². The Bertz CT molecular complexity index is 483. The lowest BCUT2D eigenvalue weighted by molar-refractivity contribution is -0.137. The zero-order valence-electron chi connectivity index (χ0n) is 11.0. The van der Waals surface area contributed by atoms with Gasteiger partial charge in [0.05, 0.1) is 5.41 Å². The number of nitrogens with zero attached hydrogens (tertiary/aromatic N) is 1. The third-order valence-electron chi connectivity index (χ3n) is 4.39. The summed E-state index contributed by atoms with van der Waals surface area (Å²) in [5.74, 6) is -0.0269. The molecule has 0 saturated carbocycles. The predicted octanol–water partition coefficient (Wildman–Crippen LogP) is 1.93. The van der Waals surface area contributed by atoms with E-state index in [0.29, 0.717) is 12.1 Å². The molecule has 0 unspecified atom stereocenters. The maximum Gasteiger partial charge on any atom is 0.230 e. The van der Waals surface area contributed by atoms with E-state index in [9.17, 15) is 9.18 Å². The van der Waals surface area contributed by atoms with Crippen LogP contribution in [0.2, 0.25) is 0 Å². The zero-order chi connectivity index (χ0) is 13.3. The average Bonchev–Trinajstić information content (AvgIpc) is 2.72. The average molecular weight is 262 g/mol. The van der Waals surface area contributed by atoms with Gasteiger partial charge in [0.25, 0.3) is 0 Å². The van der Waals surface area contributed by atoms with Crippen LogP contribution in [0.1, 0.15) is 24.8 Å². The van der Waals surface area contributed by atoms with E-state index in [4.69, 9.17) is 0 Å². The van der Waals surface area contributed by atoms with Crippen LogP contribution in [0.3, 0.4) is 0 Å². The van der Waals surface area contributed by atoms with Crippen molar-refractivity contribution >= 4 is 5.91 Å². The molecule has 2 aliphatic heterocycles. The summed E-state index contributed by atoms with van der Waals surface area (Å²) < 4.78 is 13.7. The van der Waals surface area contributed by atoms with Crippen LogP contribution in [0, 0.1) is 11.2 Å².